The van der Waals surface area contributed by atoms with Gasteiger partial charge in [0.25, 0.3) is 11.8 Å². The third kappa shape index (κ3) is 5.64. The van der Waals surface area contributed by atoms with Gasteiger partial charge in [0.1, 0.15) is 0 Å². The summed E-state index contributed by atoms with van der Waals surface area (Å²) in [7, 11) is 0. The van der Waals surface area contributed by atoms with Crippen LogP contribution in [0.5, 0.6) is 0 Å². The lowest BCUT2D eigenvalue weighted by Crippen LogP contribution is -2.41. The van der Waals surface area contributed by atoms with Crippen molar-refractivity contribution in [2.45, 2.75) is 63.0 Å². The van der Waals surface area contributed by atoms with Crippen molar-refractivity contribution in [2.24, 2.45) is 5.92 Å². The SMILES string of the molecule is O=C(c1ccc(-c2cc(Cl)c(CC3CCN(C4CCC(O)CC4)C3=O)c(Cl)c2)cc1)N1CCC(F)(F)C1. The van der Waals surface area contributed by atoms with Crippen molar-refractivity contribution in [3.63, 3.8) is 0 Å². The van der Waals surface area contributed by atoms with E-state index in [1.165, 1.54) is 4.90 Å². The third-order valence-corrected chi connectivity index (χ3v) is 8.65. The highest BCUT2D eigenvalue weighted by atomic mass is 35.5. The number of alkyl halides is 2. The fourth-order valence-corrected chi connectivity index (χ4v) is 6.43. The topological polar surface area (TPSA) is 60.9 Å². The molecule has 37 heavy (non-hydrogen) atoms. The minimum atomic E-state index is -2.83. The first-order chi connectivity index (χ1) is 17.6. The second-order valence-corrected chi connectivity index (χ2v) is 11.3. The van der Waals surface area contributed by atoms with Crippen molar-refractivity contribution in [1.82, 2.24) is 9.80 Å². The average molecular weight is 551 g/mol. The van der Waals surface area contributed by atoms with Crippen LogP contribution in [-0.2, 0) is 11.2 Å². The summed E-state index contributed by atoms with van der Waals surface area (Å²) in [5.74, 6) is -3.27. The van der Waals surface area contributed by atoms with Crippen LogP contribution in [0.2, 0.25) is 10.0 Å². The molecule has 3 aliphatic rings. The number of hydrogen-bond donors (Lipinski definition) is 1. The minimum absolute atomic E-state index is 0.0469. The molecule has 9 heteroatoms. The maximum atomic E-state index is 13.5. The van der Waals surface area contributed by atoms with Gasteiger partial charge in [-0.2, -0.15) is 0 Å². The number of nitrogens with zero attached hydrogens (tertiary/aromatic N) is 2. The number of aliphatic hydroxyl groups is 1. The number of amides is 2. The molecule has 2 saturated heterocycles. The molecule has 1 atom stereocenters. The maximum Gasteiger partial charge on any atom is 0.267 e. The smallest absolute Gasteiger partial charge is 0.267 e. The van der Waals surface area contributed by atoms with Crippen molar-refractivity contribution in [3.05, 3.63) is 57.6 Å². The second-order valence-electron chi connectivity index (χ2n) is 10.5. The fraction of sp³-hybridized carbons (Fsp3) is 0.500. The molecule has 2 aromatic rings. The van der Waals surface area contributed by atoms with E-state index < -0.39 is 18.4 Å². The van der Waals surface area contributed by atoms with Crippen LogP contribution in [0.3, 0.4) is 0 Å². The zero-order valence-electron chi connectivity index (χ0n) is 20.4. The summed E-state index contributed by atoms with van der Waals surface area (Å²) in [5.41, 5.74) is 2.66. The summed E-state index contributed by atoms with van der Waals surface area (Å²) in [6, 6.07) is 10.6. The van der Waals surface area contributed by atoms with Crippen LogP contribution >= 0.6 is 23.2 Å². The Morgan fingerprint density at radius 2 is 1.62 bits per heavy atom. The Kier molecular flexibility index (Phi) is 7.49. The monoisotopic (exact) mass is 550 g/mol. The van der Waals surface area contributed by atoms with Gasteiger partial charge in [-0.05, 0) is 79.5 Å². The summed E-state index contributed by atoms with van der Waals surface area (Å²) in [6.45, 7) is 0.217. The lowest BCUT2D eigenvalue weighted by atomic mass is 9.92. The number of carbonyl (C=O) groups excluding carboxylic acids is 2. The second kappa shape index (κ2) is 10.5. The Morgan fingerprint density at radius 1 is 0.973 bits per heavy atom. The van der Waals surface area contributed by atoms with Gasteiger partial charge >= 0.3 is 0 Å². The van der Waals surface area contributed by atoms with Crippen LogP contribution in [0.25, 0.3) is 11.1 Å². The quantitative estimate of drug-likeness (QED) is 0.509. The molecule has 3 fully saturated rings. The Balaban J connectivity index is 1.26. The number of carbonyl (C=O) groups is 2. The lowest BCUT2D eigenvalue weighted by molar-refractivity contribution is -0.133. The average Bonchev–Trinajstić information content (AvgIpc) is 3.42. The van der Waals surface area contributed by atoms with E-state index in [0.717, 1.165) is 55.3 Å². The maximum absolute atomic E-state index is 13.5. The van der Waals surface area contributed by atoms with E-state index in [-0.39, 0.29) is 36.9 Å². The molecular weight excluding hydrogens is 521 g/mol. The van der Waals surface area contributed by atoms with E-state index in [4.69, 9.17) is 23.2 Å². The summed E-state index contributed by atoms with van der Waals surface area (Å²) < 4.78 is 27.0. The van der Waals surface area contributed by atoms with Crippen molar-refractivity contribution in [2.75, 3.05) is 19.6 Å². The first-order valence-corrected chi connectivity index (χ1v) is 13.6. The van der Waals surface area contributed by atoms with Crippen LogP contribution in [0.4, 0.5) is 8.78 Å². The molecule has 2 amide bonds. The first kappa shape index (κ1) is 26.4. The molecule has 5 nitrogen and oxygen atoms in total. The Morgan fingerprint density at radius 3 is 2.22 bits per heavy atom. The van der Waals surface area contributed by atoms with Gasteiger partial charge in [-0.1, -0.05) is 35.3 Å². The van der Waals surface area contributed by atoms with Gasteiger partial charge in [-0.15, -0.1) is 0 Å². The van der Waals surface area contributed by atoms with Gasteiger partial charge in [0.05, 0.1) is 12.6 Å². The van der Waals surface area contributed by atoms with E-state index in [9.17, 15) is 23.5 Å². The summed E-state index contributed by atoms with van der Waals surface area (Å²) in [4.78, 5) is 28.8. The van der Waals surface area contributed by atoms with Crippen molar-refractivity contribution in [1.29, 1.82) is 0 Å². The molecule has 0 bridgehead atoms. The number of aliphatic hydroxyl groups excluding tert-OH is 1. The van der Waals surface area contributed by atoms with Gasteiger partial charge in [-0.3, -0.25) is 9.59 Å². The molecule has 5 rings (SSSR count). The fourth-order valence-electron chi connectivity index (χ4n) is 5.79. The Labute approximate surface area is 225 Å². The minimum Gasteiger partial charge on any atom is -0.393 e. The molecule has 198 valence electrons. The van der Waals surface area contributed by atoms with E-state index in [2.05, 4.69) is 0 Å². The standard InChI is InChI=1S/C28H30Cl2F2N2O3/c29-24-14-20(17-1-3-18(4-2-17)26(36)33-12-10-28(31,32)16-33)15-25(30)23(24)13-19-9-11-34(27(19)37)21-5-7-22(35)8-6-21/h1-4,14-15,19,21-22,35H,5-13,16H2. The largest absolute Gasteiger partial charge is 0.393 e. The van der Waals surface area contributed by atoms with Gasteiger partial charge in [0.2, 0.25) is 5.91 Å². The summed E-state index contributed by atoms with van der Waals surface area (Å²) in [5, 5.41) is 10.7. The molecule has 0 spiro atoms. The van der Waals surface area contributed by atoms with Crippen LogP contribution < -0.4 is 0 Å². The number of likely N-dealkylation sites (tertiary alicyclic amines) is 2. The van der Waals surface area contributed by atoms with Crippen molar-refractivity contribution >= 4 is 35.0 Å². The van der Waals surface area contributed by atoms with Crippen LogP contribution in [0.15, 0.2) is 36.4 Å². The van der Waals surface area contributed by atoms with Gasteiger partial charge in [0, 0.05) is 47.1 Å². The molecule has 1 N–H and O–H groups in total. The molecule has 1 unspecified atom stereocenters. The van der Waals surface area contributed by atoms with Crippen LogP contribution in [-0.4, -0.2) is 64.4 Å². The predicted molar refractivity (Wildman–Crippen MR) is 139 cm³/mol. The Hall–Kier alpha value is -2.22. The number of halogens is 4. The molecule has 2 aromatic carbocycles. The van der Waals surface area contributed by atoms with Gasteiger partial charge < -0.3 is 14.9 Å². The Bertz CT molecular complexity index is 1160. The van der Waals surface area contributed by atoms with Crippen molar-refractivity contribution in [3.8, 4) is 11.1 Å². The first-order valence-electron chi connectivity index (χ1n) is 12.9. The molecule has 2 aliphatic heterocycles. The summed E-state index contributed by atoms with van der Waals surface area (Å²) >= 11 is 13.3. The third-order valence-electron chi connectivity index (χ3n) is 7.97. The number of hydrogen-bond acceptors (Lipinski definition) is 3. The molecule has 2 heterocycles. The molecule has 1 saturated carbocycles. The highest BCUT2D eigenvalue weighted by Gasteiger charge is 2.40. The number of benzene rings is 2. The van der Waals surface area contributed by atoms with Gasteiger partial charge in [-0.25, -0.2) is 8.78 Å². The predicted octanol–water partition coefficient (Wildman–Crippen LogP) is 5.84. The van der Waals surface area contributed by atoms with Gasteiger partial charge in [0.15, 0.2) is 0 Å². The van der Waals surface area contributed by atoms with E-state index >= 15 is 0 Å². The van der Waals surface area contributed by atoms with Crippen molar-refractivity contribution < 1.29 is 23.5 Å². The lowest BCUT2D eigenvalue weighted by Gasteiger charge is -2.33. The highest BCUT2D eigenvalue weighted by molar-refractivity contribution is 6.36. The highest BCUT2D eigenvalue weighted by Crippen LogP contribution is 2.37. The van der Waals surface area contributed by atoms with E-state index in [1.54, 1.807) is 36.4 Å². The zero-order chi connectivity index (χ0) is 26.3. The zero-order valence-corrected chi connectivity index (χ0v) is 21.9. The molecule has 1 aliphatic carbocycles. The summed E-state index contributed by atoms with van der Waals surface area (Å²) in [6.07, 6.45) is 3.81. The van der Waals surface area contributed by atoms with Crippen LogP contribution in [0.1, 0.15) is 54.4 Å². The molecular formula is C28H30Cl2F2N2O3. The number of rotatable bonds is 5. The van der Waals surface area contributed by atoms with E-state index in [0.29, 0.717) is 22.0 Å². The molecule has 0 radical (unpaired) electrons. The molecule has 0 aromatic heterocycles. The van der Waals surface area contributed by atoms with Crippen LogP contribution in [0, 0.1) is 5.92 Å². The normalized spacial score (nSPS) is 25.6. The van der Waals surface area contributed by atoms with E-state index in [1.807, 2.05) is 4.90 Å².